The van der Waals surface area contributed by atoms with Gasteiger partial charge in [-0.25, -0.2) is 14.4 Å². The summed E-state index contributed by atoms with van der Waals surface area (Å²) in [5.74, 6) is -3.37. The SMILES string of the molecule is CCc1cc(Nc2nccn3c(-c4ccc(OC(F)F)c(F)c4F)cnc23)ccc1C(=O)N1CCC(C(=O)N2CC3CC(C2)N3)CC1.O=CO. The van der Waals surface area contributed by atoms with Crippen molar-refractivity contribution in [2.45, 2.75) is 51.3 Å². The lowest BCUT2D eigenvalue weighted by Gasteiger charge is -2.49. The summed E-state index contributed by atoms with van der Waals surface area (Å²) in [6, 6.07) is 8.32. The Morgan fingerprint density at radius 3 is 2.44 bits per heavy atom. The van der Waals surface area contributed by atoms with Crippen molar-refractivity contribution in [3.8, 4) is 17.0 Å². The third-order valence-corrected chi connectivity index (χ3v) is 9.31. The molecule has 0 aliphatic carbocycles. The van der Waals surface area contributed by atoms with Crippen LogP contribution in [-0.2, 0) is 16.0 Å². The summed E-state index contributed by atoms with van der Waals surface area (Å²) in [5.41, 5.74) is 2.36. The minimum Gasteiger partial charge on any atom is -0.483 e. The molecule has 12 nitrogen and oxygen atoms in total. The number of carbonyl (C=O) groups excluding carboxylic acids is 2. The molecule has 4 aliphatic rings. The van der Waals surface area contributed by atoms with Crippen LogP contribution < -0.4 is 15.4 Å². The number of halogens is 4. The summed E-state index contributed by atoms with van der Waals surface area (Å²) < 4.78 is 60.0. The predicted molar refractivity (Wildman–Crippen MR) is 173 cm³/mol. The third-order valence-electron chi connectivity index (χ3n) is 9.31. The molecule has 2 aromatic carbocycles. The Balaban J connectivity index is 0.00000139. The van der Waals surface area contributed by atoms with Crippen LogP contribution in [0, 0.1) is 17.6 Å². The van der Waals surface area contributed by atoms with Crippen LogP contribution in [0.1, 0.15) is 42.1 Å². The minimum absolute atomic E-state index is 0.0541. The number of fused-ring (bicyclic) bond motifs is 3. The van der Waals surface area contributed by atoms with Crippen molar-refractivity contribution in [2.24, 2.45) is 5.92 Å². The van der Waals surface area contributed by atoms with E-state index in [1.165, 1.54) is 23.0 Å². The number of nitrogens with zero attached hydrogens (tertiary/aromatic N) is 5. The van der Waals surface area contributed by atoms with Crippen LogP contribution >= 0.6 is 0 Å². The Bertz CT molecular complexity index is 1880. The van der Waals surface area contributed by atoms with Crippen LogP contribution in [0.4, 0.5) is 29.1 Å². The number of rotatable bonds is 8. The molecule has 16 heteroatoms. The number of hydrogen-bond donors (Lipinski definition) is 3. The molecule has 2 atom stereocenters. The molecule has 0 radical (unpaired) electrons. The van der Waals surface area contributed by atoms with Gasteiger partial charge in [-0.3, -0.25) is 18.8 Å². The number of anilines is 2. The molecule has 0 spiro atoms. The number of piperazine rings is 1. The fourth-order valence-electron chi connectivity index (χ4n) is 6.88. The van der Waals surface area contributed by atoms with Gasteiger partial charge in [-0.05, 0) is 61.6 Å². The highest BCUT2D eigenvalue weighted by Gasteiger charge is 2.40. The van der Waals surface area contributed by atoms with Crippen LogP contribution in [-0.4, -0.2) is 92.4 Å². The highest BCUT2D eigenvalue weighted by atomic mass is 19.3. The van der Waals surface area contributed by atoms with Gasteiger partial charge in [0, 0.05) is 73.4 Å². The smallest absolute Gasteiger partial charge is 0.387 e. The number of nitrogens with one attached hydrogen (secondary N) is 2. The molecule has 4 fully saturated rings. The van der Waals surface area contributed by atoms with Gasteiger partial charge in [-0.15, -0.1) is 0 Å². The Labute approximate surface area is 284 Å². The largest absolute Gasteiger partial charge is 0.483 e. The number of piperidine rings is 2. The number of hydrogen-bond acceptors (Lipinski definition) is 8. The quantitative estimate of drug-likeness (QED) is 0.176. The van der Waals surface area contributed by atoms with Crippen molar-refractivity contribution in [1.82, 2.24) is 29.5 Å². The number of ether oxygens (including phenoxy) is 1. The van der Waals surface area contributed by atoms with E-state index in [0.717, 1.165) is 37.2 Å². The maximum Gasteiger partial charge on any atom is 0.387 e. The summed E-state index contributed by atoms with van der Waals surface area (Å²) in [5, 5.41) is 13.6. The molecule has 2 bridgehead atoms. The van der Waals surface area contributed by atoms with Crippen LogP contribution in [0.2, 0.25) is 0 Å². The lowest BCUT2D eigenvalue weighted by molar-refractivity contribution is -0.141. The number of carboxylic acid groups (broad SMARTS) is 1. The fourth-order valence-corrected chi connectivity index (χ4v) is 6.88. The van der Waals surface area contributed by atoms with Crippen molar-refractivity contribution < 1.29 is 41.8 Å². The average molecular weight is 698 g/mol. The third kappa shape index (κ3) is 6.92. The van der Waals surface area contributed by atoms with Gasteiger partial charge in [0.05, 0.1) is 11.9 Å². The average Bonchev–Trinajstić information content (AvgIpc) is 3.54. The molecule has 6 heterocycles. The van der Waals surface area contributed by atoms with Crippen molar-refractivity contribution in [1.29, 1.82) is 0 Å². The molecule has 2 amide bonds. The fraction of sp³-hybridized carbons (Fsp3) is 0.382. The zero-order valence-corrected chi connectivity index (χ0v) is 27.0. The van der Waals surface area contributed by atoms with Crippen molar-refractivity contribution in [3.05, 3.63) is 71.7 Å². The van der Waals surface area contributed by atoms with Gasteiger partial charge in [0.2, 0.25) is 11.7 Å². The van der Waals surface area contributed by atoms with E-state index in [4.69, 9.17) is 9.90 Å². The second-order valence-corrected chi connectivity index (χ2v) is 12.3. The predicted octanol–water partition coefficient (Wildman–Crippen LogP) is 4.71. The lowest BCUT2D eigenvalue weighted by Crippen LogP contribution is -2.68. The second kappa shape index (κ2) is 14.7. The number of likely N-dealkylation sites (tertiary alicyclic amines) is 1. The molecule has 3 N–H and O–H groups in total. The number of benzene rings is 2. The number of aromatic nitrogens is 3. The van der Waals surface area contributed by atoms with Crippen LogP contribution in [0.3, 0.4) is 0 Å². The number of imidazole rings is 1. The summed E-state index contributed by atoms with van der Waals surface area (Å²) in [4.78, 5) is 47.6. The molecular formula is C34H35F4N7O5. The number of aryl methyl sites for hydroxylation is 1. The first-order valence-corrected chi connectivity index (χ1v) is 16.2. The van der Waals surface area contributed by atoms with Gasteiger partial charge in [-0.1, -0.05) is 6.92 Å². The van der Waals surface area contributed by atoms with Gasteiger partial charge in [0.25, 0.3) is 12.4 Å². The van der Waals surface area contributed by atoms with Crippen molar-refractivity contribution >= 4 is 35.4 Å². The van der Waals surface area contributed by atoms with Gasteiger partial charge >= 0.3 is 6.61 Å². The maximum atomic E-state index is 14.9. The molecule has 50 heavy (non-hydrogen) atoms. The minimum atomic E-state index is -3.30. The van der Waals surface area contributed by atoms with E-state index in [-0.39, 0.29) is 35.5 Å². The van der Waals surface area contributed by atoms with E-state index < -0.39 is 24.0 Å². The van der Waals surface area contributed by atoms with Crippen molar-refractivity contribution in [2.75, 3.05) is 31.5 Å². The van der Waals surface area contributed by atoms with Gasteiger partial charge in [0.1, 0.15) is 0 Å². The van der Waals surface area contributed by atoms with E-state index in [9.17, 15) is 27.2 Å². The molecule has 4 saturated heterocycles. The van der Waals surface area contributed by atoms with E-state index in [1.54, 1.807) is 12.1 Å². The van der Waals surface area contributed by atoms with Crippen molar-refractivity contribution in [3.63, 3.8) is 0 Å². The molecule has 4 aromatic rings. The first-order chi connectivity index (χ1) is 24.1. The first kappa shape index (κ1) is 34.6. The molecule has 0 saturated carbocycles. The number of carbonyl (C=O) groups is 3. The highest BCUT2D eigenvalue weighted by Crippen LogP contribution is 2.33. The summed E-state index contributed by atoms with van der Waals surface area (Å²) in [7, 11) is 0. The molecule has 2 unspecified atom stereocenters. The molecule has 8 rings (SSSR count). The summed E-state index contributed by atoms with van der Waals surface area (Å²) >= 11 is 0. The van der Waals surface area contributed by atoms with Gasteiger partial charge < -0.3 is 30.3 Å². The Kier molecular flexibility index (Phi) is 10.2. The van der Waals surface area contributed by atoms with E-state index in [2.05, 4.69) is 25.3 Å². The standard InChI is InChI=1S/C33H33F4N7O3.CH2O2/c1-2-18-13-20(3-4-23(18)32(46)42-10-7-19(8-11-42)31(45)43-16-21-14-22(17-43)40-21)41-29-30-39-15-25(44(30)12-9-38-29)24-5-6-26(47-33(36)37)28(35)27(24)34;2-1-3/h3-6,9,12-13,15,19,21-22,33,40H,2,7-8,10-11,14,16-17H2,1H3,(H,38,41);1H,(H,2,3). The normalized spacial score (nSPS) is 18.7. The number of amides is 2. The monoisotopic (exact) mass is 697 g/mol. The van der Waals surface area contributed by atoms with Gasteiger partial charge in [-0.2, -0.15) is 13.2 Å². The Morgan fingerprint density at radius 1 is 1.08 bits per heavy atom. The highest BCUT2D eigenvalue weighted by molar-refractivity contribution is 5.96. The van der Waals surface area contributed by atoms with Gasteiger partial charge in [0.15, 0.2) is 23.0 Å². The van der Waals surface area contributed by atoms with E-state index >= 15 is 0 Å². The zero-order valence-electron chi connectivity index (χ0n) is 27.0. The zero-order chi connectivity index (χ0) is 35.5. The maximum absolute atomic E-state index is 14.9. The number of alkyl halides is 2. The first-order valence-electron chi connectivity index (χ1n) is 16.2. The lowest BCUT2D eigenvalue weighted by atomic mass is 9.88. The van der Waals surface area contributed by atoms with Crippen LogP contribution in [0.25, 0.3) is 16.9 Å². The molecule has 264 valence electrons. The Morgan fingerprint density at radius 2 is 1.78 bits per heavy atom. The van der Waals surface area contributed by atoms with E-state index in [1.807, 2.05) is 22.8 Å². The van der Waals surface area contributed by atoms with Crippen LogP contribution in [0.15, 0.2) is 48.9 Å². The summed E-state index contributed by atoms with van der Waals surface area (Å²) in [6.45, 7) is 1.01. The molecule has 2 aromatic heterocycles. The summed E-state index contributed by atoms with van der Waals surface area (Å²) in [6.07, 6.45) is 7.35. The second-order valence-electron chi connectivity index (χ2n) is 12.3. The Hall–Kier alpha value is -5.25. The molecule has 4 aliphatic heterocycles. The van der Waals surface area contributed by atoms with E-state index in [0.29, 0.717) is 67.2 Å². The topological polar surface area (TPSA) is 141 Å². The molecular weight excluding hydrogens is 662 g/mol. The van der Waals surface area contributed by atoms with Crippen LogP contribution in [0.5, 0.6) is 5.75 Å².